The Morgan fingerprint density at radius 2 is 1.83 bits per heavy atom. The molecular weight excluding hydrogens is 324 g/mol. The molecule has 24 heavy (non-hydrogen) atoms. The van der Waals surface area contributed by atoms with Crippen molar-refractivity contribution in [3.8, 4) is 17.0 Å². The number of aromatic nitrogens is 2. The molecule has 0 fully saturated rings. The smallest absolute Gasteiger partial charge is 0.253 e. The molecule has 1 aromatic heterocycles. The van der Waals surface area contributed by atoms with E-state index >= 15 is 0 Å². The summed E-state index contributed by atoms with van der Waals surface area (Å²) in [4.78, 5) is 0. The van der Waals surface area contributed by atoms with Crippen LogP contribution in [0.15, 0.2) is 66.9 Å². The highest BCUT2D eigenvalue weighted by molar-refractivity contribution is 7.89. The Bertz CT molecular complexity index is 918. The maximum absolute atomic E-state index is 11.8. The molecule has 3 aromatic rings. The van der Waals surface area contributed by atoms with Crippen LogP contribution in [0.4, 0.5) is 0 Å². The van der Waals surface area contributed by atoms with Crippen LogP contribution in [0.5, 0.6) is 5.75 Å². The summed E-state index contributed by atoms with van der Waals surface area (Å²) in [7, 11) is -3.37. The van der Waals surface area contributed by atoms with Crippen molar-refractivity contribution in [2.24, 2.45) is 0 Å². The third kappa shape index (κ3) is 3.65. The molecule has 2 aromatic carbocycles. The molecule has 3 rings (SSSR count). The first-order chi connectivity index (χ1) is 11.6. The average Bonchev–Trinajstić information content (AvgIpc) is 3.12. The average molecular weight is 342 g/mol. The van der Waals surface area contributed by atoms with Crippen molar-refractivity contribution in [3.05, 3.63) is 72.4 Å². The van der Waals surface area contributed by atoms with Gasteiger partial charge in [-0.25, -0.2) is 8.42 Å². The number of nitrogens with zero attached hydrogens (tertiary/aromatic N) is 2. The first kappa shape index (κ1) is 16.3. The third-order valence-electron chi connectivity index (χ3n) is 3.59. The number of hydrogen-bond donors (Lipinski definition) is 0. The largest absolute Gasteiger partial charge is 0.489 e. The first-order valence-electron chi connectivity index (χ1n) is 7.64. The van der Waals surface area contributed by atoms with Crippen molar-refractivity contribution < 1.29 is 13.2 Å². The van der Waals surface area contributed by atoms with Crippen LogP contribution >= 0.6 is 0 Å². The maximum Gasteiger partial charge on any atom is 0.253 e. The second-order valence-corrected chi connectivity index (χ2v) is 7.39. The van der Waals surface area contributed by atoms with Gasteiger partial charge < -0.3 is 4.74 Å². The number of rotatable bonds is 6. The highest BCUT2D eigenvalue weighted by Gasteiger charge is 2.12. The lowest BCUT2D eigenvalue weighted by Crippen LogP contribution is -2.15. The van der Waals surface area contributed by atoms with Gasteiger partial charge in [-0.15, -0.1) is 0 Å². The zero-order valence-corrected chi connectivity index (χ0v) is 14.1. The topological polar surface area (TPSA) is 61.2 Å². The number of benzene rings is 2. The van der Waals surface area contributed by atoms with Crippen molar-refractivity contribution in [3.63, 3.8) is 0 Å². The van der Waals surface area contributed by atoms with Gasteiger partial charge in [0.15, 0.2) is 0 Å². The highest BCUT2D eigenvalue weighted by atomic mass is 32.2. The van der Waals surface area contributed by atoms with Gasteiger partial charge in [-0.1, -0.05) is 42.5 Å². The Labute approximate surface area is 141 Å². The second-order valence-electron chi connectivity index (χ2n) is 5.28. The van der Waals surface area contributed by atoms with Gasteiger partial charge in [0.25, 0.3) is 10.0 Å². The molecule has 0 amide bonds. The van der Waals surface area contributed by atoms with Gasteiger partial charge in [-0.3, -0.25) is 0 Å². The maximum atomic E-state index is 11.8. The molecule has 0 radical (unpaired) electrons. The van der Waals surface area contributed by atoms with Gasteiger partial charge in [0.05, 0.1) is 11.4 Å². The standard InChI is InChI=1S/C18H18N2O3S/c1-2-24(21,22)20-12-11-18(19-20)16-9-6-10-17(13-16)23-14-15-7-4-3-5-8-15/h3-13H,2,14H2,1H3. The van der Waals surface area contributed by atoms with Crippen LogP contribution in [0.1, 0.15) is 12.5 Å². The van der Waals surface area contributed by atoms with Crippen molar-refractivity contribution in [2.45, 2.75) is 13.5 Å². The quantitative estimate of drug-likeness (QED) is 0.689. The van der Waals surface area contributed by atoms with Gasteiger partial charge in [-0.2, -0.15) is 9.19 Å². The summed E-state index contributed by atoms with van der Waals surface area (Å²) in [5, 5.41) is 4.16. The fourth-order valence-corrected chi connectivity index (χ4v) is 2.96. The minimum Gasteiger partial charge on any atom is -0.489 e. The van der Waals surface area contributed by atoms with E-state index in [1.54, 1.807) is 13.0 Å². The van der Waals surface area contributed by atoms with E-state index in [1.807, 2.05) is 54.6 Å². The minimum atomic E-state index is -3.37. The monoisotopic (exact) mass is 342 g/mol. The molecule has 6 heteroatoms. The molecule has 0 saturated heterocycles. The van der Waals surface area contributed by atoms with E-state index in [2.05, 4.69) is 5.10 Å². The van der Waals surface area contributed by atoms with Gasteiger partial charge in [-0.05, 0) is 30.7 Å². The van der Waals surface area contributed by atoms with Crippen molar-refractivity contribution in [1.82, 2.24) is 9.19 Å². The van der Waals surface area contributed by atoms with Crippen molar-refractivity contribution in [2.75, 3.05) is 5.75 Å². The molecule has 0 spiro atoms. The Hall–Kier alpha value is -2.60. The van der Waals surface area contributed by atoms with Crippen LogP contribution in [0.3, 0.4) is 0 Å². The summed E-state index contributed by atoms with van der Waals surface area (Å²) in [6, 6.07) is 19.0. The molecule has 0 bridgehead atoms. The van der Waals surface area contributed by atoms with Crippen LogP contribution in [0, 0.1) is 0 Å². The molecule has 124 valence electrons. The van der Waals surface area contributed by atoms with Crippen LogP contribution in [0.25, 0.3) is 11.3 Å². The second kappa shape index (κ2) is 6.88. The molecule has 0 aliphatic rings. The summed E-state index contributed by atoms with van der Waals surface area (Å²) in [5.41, 5.74) is 2.49. The first-order valence-corrected chi connectivity index (χ1v) is 9.25. The van der Waals surface area contributed by atoms with E-state index in [0.717, 1.165) is 15.2 Å². The Balaban J connectivity index is 1.78. The molecule has 0 saturated carbocycles. The lowest BCUT2D eigenvalue weighted by atomic mass is 10.1. The summed E-state index contributed by atoms with van der Waals surface area (Å²) >= 11 is 0. The molecular formula is C18H18N2O3S. The van der Waals surface area contributed by atoms with E-state index in [1.165, 1.54) is 6.20 Å². The molecule has 0 unspecified atom stereocenters. The van der Waals surface area contributed by atoms with Gasteiger partial charge >= 0.3 is 0 Å². The van der Waals surface area contributed by atoms with Crippen LogP contribution in [-0.4, -0.2) is 23.4 Å². The van der Waals surface area contributed by atoms with E-state index in [9.17, 15) is 8.42 Å². The summed E-state index contributed by atoms with van der Waals surface area (Å²) in [6.45, 7) is 2.07. The SMILES string of the molecule is CCS(=O)(=O)n1ccc(-c2cccc(OCc3ccccc3)c2)n1. The molecule has 0 atom stereocenters. The molecule has 5 nitrogen and oxygen atoms in total. The number of hydrogen-bond acceptors (Lipinski definition) is 4. The van der Waals surface area contributed by atoms with Crippen molar-refractivity contribution >= 4 is 10.0 Å². The van der Waals surface area contributed by atoms with E-state index in [0.29, 0.717) is 18.1 Å². The minimum absolute atomic E-state index is 0.00828. The normalized spacial score (nSPS) is 11.4. The predicted octanol–water partition coefficient (Wildman–Crippen LogP) is 3.33. The van der Waals surface area contributed by atoms with Gasteiger partial charge in [0, 0.05) is 11.8 Å². The fourth-order valence-electron chi connectivity index (χ4n) is 2.23. The third-order valence-corrected chi connectivity index (χ3v) is 5.10. The summed E-state index contributed by atoms with van der Waals surface area (Å²) in [5.74, 6) is 0.721. The van der Waals surface area contributed by atoms with Gasteiger partial charge in [0.1, 0.15) is 12.4 Å². The van der Waals surface area contributed by atoms with Crippen LogP contribution in [-0.2, 0) is 16.6 Å². The molecule has 1 heterocycles. The summed E-state index contributed by atoms with van der Waals surface area (Å²) < 4.78 is 30.5. The van der Waals surface area contributed by atoms with E-state index in [-0.39, 0.29) is 5.75 Å². The van der Waals surface area contributed by atoms with Crippen molar-refractivity contribution in [1.29, 1.82) is 0 Å². The van der Waals surface area contributed by atoms with E-state index < -0.39 is 10.0 Å². The zero-order valence-electron chi connectivity index (χ0n) is 13.3. The highest BCUT2D eigenvalue weighted by Crippen LogP contribution is 2.23. The van der Waals surface area contributed by atoms with E-state index in [4.69, 9.17) is 4.74 Å². The number of ether oxygens (including phenoxy) is 1. The Morgan fingerprint density at radius 3 is 2.58 bits per heavy atom. The molecule has 0 aliphatic heterocycles. The Morgan fingerprint density at radius 1 is 1.04 bits per heavy atom. The zero-order chi connectivity index (χ0) is 17.0. The van der Waals surface area contributed by atoms with Gasteiger partial charge in [0.2, 0.25) is 0 Å². The lowest BCUT2D eigenvalue weighted by Gasteiger charge is -2.07. The summed E-state index contributed by atoms with van der Waals surface area (Å²) in [6.07, 6.45) is 1.46. The lowest BCUT2D eigenvalue weighted by molar-refractivity contribution is 0.306. The fraction of sp³-hybridized carbons (Fsp3) is 0.167. The molecule has 0 N–H and O–H groups in total. The predicted molar refractivity (Wildman–Crippen MR) is 93.3 cm³/mol. The van der Waals surface area contributed by atoms with Crippen LogP contribution in [0.2, 0.25) is 0 Å². The molecule has 0 aliphatic carbocycles. The Kier molecular flexibility index (Phi) is 4.66. The van der Waals surface area contributed by atoms with Crippen LogP contribution < -0.4 is 4.74 Å².